The van der Waals surface area contributed by atoms with Crippen molar-refractivity contribution in [1.29, 1.82) is 0 Å². The van der Waals surface area contributed by atoms with Crippen LogP contribution in [0.5, 0.6) is 0 Å². The highest BCUT2D eigenvalue weighted by atomic mass is 16.1. The summed E-state index contributed by atoms with van der Waals surface area (Å²) >= 11 is 0. The highest BCUT2D eigenvalue weighted by Crippen LogP contribution is 2.24. The van der Waals surface area contributed by atoms with Crippen molar-refractivity contribution in [2.45, 2.75) is 6.54 Å². The Morgan fingerprint density at radius 2 is 1.66 bits per heavy atom. The molecule has 0 aliphatic rings. The Labute approximate surface area is 185 Å². The topological polar surface area (TPSA) is 77.6 Å². The second kappa shape index (κ2) is 8.69. The molecule has 7 nitrogen and oxygen atoms in total. The molecule has 0 saturated carbocycles. The molecule has 0 unspecified atom stereocenters. The number of rotatable bonds is 6. The molecule has 3 aromatic heterocycles. The molecule has 0 spiro atoms. The van der Waals surface area contributed by atoms with E-state index < -0.39 is 0 Å². The van der Waals surface area contributed by atoms with Gasteiger partial charge < -0.3 is 5.32 Å². The molecule has 0 atom stereocenters. The molecule has 5 rings (SSSR count). The van der Waals surface area contributed by atoms with Crippen molar-refractivity contribution in [2.75, 3.05) is 5.32 Å². The molecular weight excluding hydrogens is 400 g/mol. The van der Waals surface area contributed by atoms with E-state index in [2.05, 4.69) is 20.5 Å². The van der Waals surface area contributed by atoms with Crippen LogP contribution in [0.3, 0.4) is 0 Å². The van der Waals surface area contributed by atoms with Crippen LogP contribution in [0, 0.1) is 0 Å². The molecule has 3 heterocycles. The summed E-state index contributed by atoms with van der Waals surface area (Å²) < 4.78 is 3.50. The van der Waals surface area contributed by atoms with Crippen molar-refractivity contribution in [3.63, 3.8) is 0 Å². The minimum absolute atomic E-state index is 0.259. The van der Waals surface area contributed by atoms with Crippen LogP contribution < -0.4 is 5.32 Å². The van der Waals surface area contributed by atoms with Gasteiger partial charge in [0.05, 0.1) is 29.7 Å². The van der Waals surface area contributed by atoms with Crippen molar-refractivity contribution in [1.82, 2.24) is 24.5 Å². The standard InChI is InChI=1S/C25H20N6O/c32-25(28-21-15-27-30(17-21)16-19-8-3-1-4-9-19)23-18-31(22-11-5-2-6-12-22)29-24(23)20-10-7-13-26-14-20/h1-15,17-18H,16H2,(H,28,32). The van der Waals surface area contributed by atoms with Crippen LogP contribution in [-0.2, 0) is 6.54 Å². The van der Waals surface area contributed by atoms with E-state index in [0.717, 1.165) is 16.8 Å². The molecule has 1 amide bonds. The van der Waals surface area contributed by atoms with Gasteiger partial charge in [0.25, 0.3) is 5.91 Å². The lowest BCUT2D eigenvalue weighted by molar-refractivity contribution is 0.102. The van der Waals surface area contributed by atoms with Crippen LogP contribution in [-0.4, -0.2) is 30.5 Å². The molecule has 7 heteroatoms. The Morgan fingerprint density at radius 1 is 0.875 bits per heavy atom. The number of para-hydroxylation sites is 1. The van der Waals surface area contributed by atoms with Crippen molar-refractivity contribution >= 4 is 11.6 Å². The Balaban J connectivity index is 1.42. The quantitative estimate of drug-likeness (QED) is 0.441. The van der Waals surface area contributed by atoms with Gasteiger partial charge in [0.2, 0.25) is 0 Å². The monoisotopic (exact) mass is 420 g/mol. The molecule has 5 aromatic rings. The predicted molar refractivity (Wildman–Crippen MR) is 123 cm³/mol. The van der Waals surface area contributed by atoms with E-state index in [-0.39, 0.29) is 5.91 Å². The zero-order valence-electron chi connectivity index (χ0n) is 17.2. The summed E-state index contributed by atoms with van der Waals surface area (Å²) in [6, 6.07) is 23.4. The van der Waals surface area contributed by atoms with Gasteiger partial charge in [-0.25, -0.2) is 4.68 Å². The first-order chi connectivity index (χ1) is 15.8. The molecule has 1 N–H and O–H groups in total. The Hall–Kier alpha value is -4.52. The number of benzene rings is 2. The van der Waals surface area contributed by atoms with Crippen molar-refractivity contribution in [3.8, 4) is 16.9 Å². The van der Waals surface area contributed by atoms with E-state index in [1.807, 2.05) is 79.0 Å². The summed E-state index contributed by atoms with van der Waals surface area (Å²) in [5.41, 5.74) is 4.42. The molecule has 0 fully saturated rings. The average Bonchev–Trinajstić information content (AvgIpc) is 3.48. The smallest absolute Gasteiger partial charge is 0.259 e. The number of amides is 1. The first-order valence-electron chi connectivity index (χ1n) is 10.2. The number of carbonyl (C=O) groups excluding carboxylic acids is 1. The third-order valence-electron chi connectivity index (χ3n) is 4.99. The largest absolute Gasteiger partial charge is 0.319 e. The summed E-state index contributed by atoms with van der Waals surface area (Å²) in [6.45, 7) is 0.629. The zero-order valence-corrected chi connectivity index (χ0v) is 17.2. The van der Waals surface area contributed by atoms with Gasteiger partial charge in [-0.3, -0.25) is 14.5 Å². The second-order valence-corrected chi connectivity index (χ2v) is 7.28. The van der Waals surface area contributed by atoms with Gasteiger partial charge in [0, 0.05) is 30.4 Å². The van der Waals surface area contributed by atoms with E-state index >= 15 is 0 Å². The van der Waals surface area contributed by atoms with Crippen LogP contribution in [0.25, 0.3) is 16.9 Å². The summed E-state index contributed by atoms with van der Waals surface area (Å²) in [5, 5.41) is 12.0. The molecule has 0 aliphatic heterocycles. The van der Waals surface area contributed by atoms with E-state index in [1.54, 1.807) is 34.2 Å². The van der Waals surface area contributed by atoms with Crippen LogP contribution >= 0.6 is 0 Å². The summed E-state index contributed by atoms with van der Waals surface area (Å²) in [6.07, 6.45) is 8.59. The maximum absolute atomic E-state index is 13.2. The summed E-state index contributed by atoms with van der Waals surface area (Å²) in [4.78, 5) is 17.4. The number of nitrogens with one attached hydrogen (secondary N) is 1. The van der Waals surface area contributed by atoms with Gasteiger partial charge >= 0.3 is 0 Å². The van der Waals surface area contributed by atoms with Crippen molar-refractivity contribution in [3.05, 3.63) is 115 Å². The first-order valence-corrected chi connectivity index (χ1v) is 10.2. The lowest BCUT2D eigenvalue weighted by atomic mass is 10.1. The number of hydrogen-bond acceptors (Lipinski definition) is 4. The lowest BCUT2D eigenvalue weighted by Gasteiger charge is -2.03. The van der Waals surface area contributed by atoms with Crippen LogP contribution in [0.15, 0.2) is 104 Å². The Morgan fingerprint density at radius 3 is 2.41 bits per heavy atom. The SMILES string of the molecule is O=C(Nc1cnn(Cc2ccccc2)c1)c1cn(-c2ccccc2)nc1-c1cccnc1. The molecule has 0 aliphatic carbocycles. The van der Waals surface area contributed by atoms with Gasteiger partial charge in [-0.1, -0.05) is 48.5 Å². The van der Waals surface area contributed by atoms with Gasteiger partial charge in [0.1, 0.15) is 5.69 Å². The van der Waals surface area contributed by atoms with E-state index in [9.17, 15) is 4.79 Å². The van der Waals surface area contributed by atoms with Crippen LogP contribution in [0.1, 0.15) is 15.9 Å². The lowest BCUT2D eigenvalue weighted by Crippen LogP contribution is -2.12. The number of carbonyl (C=O) groups is 1. The summed E-state index contributed by atoms with van der Waals surface area (Å²) in [7, 11) is 0. The minimum atomic E-state index is -0.259. The predicted octanol–water partition coefficient (Wildman–Crippen LogP) is 4.43. The van der Waals surface area contributed by atoms with Crippen molar-refractivity contribution < 1.29 is 4.79 Å². The maximum Gasteiger partial charge on any atom is 0.259 e. The zero-order chi connectivity index (χ0) is 21.8. The van der Waals surface area contributed by atoms with Gasteiger partial charge in [-0.2, -0.15) is 10.2 Å². The van der Waals surface area contributed by atoms with E-state index in [0.29, 0.717) is 23.5 Å². The molecule has 32 heavy (non-hydrogen) atoms. The molecule has 0 saturated heterocycles. The van der Waals surface area contributed by atoms with Gasteiger partial charge in [-0.05, 0) is 29.8 Å². The Kier molecular flexibility index (Phi) is 5.28. The fraction of sp³-hybridized carbons (Fsp3) is 0.0400. The van der Waals surface area contributed by atoms with Crippen molar-refractivity contribution in [2.24, 2.45) is 0 Å². The third kappa shape index (κ3) is 4.17. The molecule has 156 valence electrons. The van der Waals surface area contributed by atoms with Crippen LogP contribution in [0.2, 0.25) is 0 Å². The maximum atomic E-state index is 13.2. The Bertz CT molecular complexity index is 1330. The van der Waals surface area contributed by atoms with E-state index in [1.165, 1.54) is 0 Å². The average molecular weight is 420 g/mol. The molecule has 0 bridgehead atoms. The number of anilines is 1. The fourth-order valence-corrected chi connectivity index (χ4v) is 3.45. The highest BCUT2D eigenvalue weighted by Gasteiger charge is 2.19. The second-order valence-electron chi connectivity index (χ2n) is 7.28. The van der Waals surface area contributed by atoms with Gasteiger partial charge in [0.15, 0.2) is 0 Å². The fourth-order valence-electron chi connectivity index (χ4n) is 3.45. The molecule has 2 aromatic carbocycles. The van der Waals surface area contributed by atoms with Gasteiger partial charge in [-0.15, -0.1) is 0 Å². The molecule has 0 radical (unpaired) electrons. The molecular formula is C25H20N6O. The normalized spacial score (nSPS) is 10.8. The minimum Gasteiger partial charge on any atom is -0.319 e. The number of aromatic nitrogens is 5. The number of hydrogen-bond donors (Lipinski definition) is 1. The van der Waals surface area contributed by atoms with E-state index in [4.69, 9.17) is 0 Å². The third-order valence-corrected chi connectivity index (χ3v) is 4.99. The first kappa shape index (κ1) is 19.4. The number of nitrogens with zero attached hydrogens (tertiary/aromatic N) is 5. The number of pyridine rings is 1. The highest BCUT2D eigenvalue weighted by molar-refractivity contribution is 6.08. The summed E-state index contributed by atoms with van der Waals surface area (Å²) in [5.74, 6) is -0.259. The van der Waals surface area contributed by atoms with Crippen LogP contribution in [0.4, 0.5) is 5.69 Å².